The van der Waals surface area contributed by atoms with Crippen molar-refractivity contribution >= 4 is 49.0 Å². The Bertz CT molecular complexity index is 33.1. The van der Waals surface area contributed by atoms with E-state index >= 15 is 0 Å². The molecule has 5 heavy (non-hydrogen) atoms. The van der Waals surface area contributed by atoms with Crippen LogP contribution in [-0.4, -0.2) is 54.4 Å². The van der Waals surface area contributed by atoms with Crippen molar-refractivity contribution in [3.8, 4) is 0.164 Å². The first kappa shape index (κ1) is 16.0. The Kier molecular flexibility index (Phi) is 56.2. The standard InChI is InChI=1S/CN.K.Ni.H2O/c1-2;;;/h;;;1H2. The van der Waals surface area contributed by atoms with E-state index < -0.39 is 0 Å². The molecule has 0 atom stereocenters. The SMILES string of the molecule is N#[C][K].O.[Ni]. The molecule has 0 saturated heterocycles. The van der Waals surface area contributed by atoms with Gasteiger partial charge in [0.1, 0.15) is 0 Å². The molecule has 0 unspecified atom stereocenters. The molecule has 2 N–H and O–H groups in total. The third-order valence-electron chi connectivity index (χ3n) is 0. The average Bonchev–Trinajstić information content (AvgIpc) is 0.918. The van der Waals surface area contributed by atoms with Gasteiger partial charge in [-0.15, -0.1) is 0 Å². The van der Waals surface area contributed by atoms with E-state index in [0.29, 0.717) is 49.0 Å². The minimum absolute atomic E-state index is 0. The molecule has 0 aromatic heterocycles. The van der Waals surface area contributed by atoms with Gasteiger partial charge in [0.25, 0.3) is 0 Å². The molecule has 0 saturated carbocycles. The summed E-state index contributed by atoms with van der Waals surface area (Å²) in [4.78, 5) is 0. The zero-order valence-corrected chi connectivity index (χ0v) is 6.87. The maximum Gasteiger partial charge on any atom is 0 e. The summed E-state index contributed by atoms with van der Waals surface area (Å²) in [6, 6.07) is 0. The van der Waals surface area contributed by atoms with Crippen molar-refractivity contribution in [3.63, 3.8) is 0 Å². The van der Waals surface area contributed by atoms with E-state index in [4.69, 9.17) is 5.26 Å². The second-order valence-corrected chi connectivity index (χ2v) is 0.922. The second-order valence-electron chi connectivity index (χ2n) is 0.224. The molecule has 4 heteroatoms. The van der Waals surface area contributed by atoms with Crippen molar-refractivity contribution in [2.45, 2.75) is 0 Å². The van der Waals surface area contributed by atoms with E-state index in [1.165, 1.54) is 0 Å². The number of nitriles is 1. The largest absolute Gasteiger partial charge is 0.412 e. The first-order valence-corrected chi connectivity index (χ1v) is 2.29. The normalized spacial score (nSPS) is 1.80. The Hall–Kier alpha value is 1.58. The summed E-state index contributed by atoms with van der Waals surface area (Å²) in [6.45, 7) is 0. The van der Waals surface area contributed by atoms with Crippen LogP contribution >= 0.6 is 0 Å². The van der Waals surface area contributed by atoms with Crippen LogP contribution in [0.2, 0.25) is 0 Å². The van der Waals surface area contributed by atoms with E-state index in [1.54, 1.807) is 0 Å². The van der Waals surface area contributed by atoms with Gasteiger partial charge in [-0.25, -0.2) is 0 Å². The molecule has 28 valence electrons. The molecule has 0 aliphatic heterocycles. The zero-order chi connectivity index (χ0) is 2.71. The fraction of sp³-hybridized carbons (Fsp3) is 0. The van der Waals surface area contributed by atoms with Gasteiger partial charge in [0, 0.05) is 16.5 Å². The summed E-state index contributed by atoms with van der Waals surface area (Å²) in [6.07, 6.45) is 0. The molecule has 0 bridgehead atoms. The van der Waals surface area contributed by atoms with Crippen LogP contribution in [0.4, 0.5) is 0 Å². The summed E-state index contributed by atoms with van der Waals surface area (Å²) >= 11 is 0.410. The van der Waals surface area contributed by atoms with Crippen molar-refractivity contribution in [2.75, 3.05) is 0 Å². The first-order valence-electron chi connectivity index (χ1n) is 0.724. The Balaban J connectivity index is -0.0000000200. The average molecular weight is 142 g/mol. The molecule has 2 nitrogen and oxygen atoms in total. The molecular weight excluding hydrogens is 140 g/mol. The van der Waals surface area contributed by atoms with Crippen LogP contribution in [0.15, 0.2) is 0 Å². The summed E-state index contributed by atoms with van der Waals surface area (Å²) in [7, 11) is 0. The minimum atomic E-state index is 0. The van der Waals surface area contributed by atoms with Crippen molar-refractivity contribution in [3.05, 3.63) is 0 Å². The van der Waals surface area contributed by atoms with Gasteiger partial charge in [0.15, 0.2) is 0 Å². The van der Waals surface area contributed by atoms with E-state index in [0.717, 1.165) is 0 Å². The number of hydrogen-bond donors (Lipinski definition) is 0. The third-order valence-corrected chi connectivity index (χ3v) is 0. The minimum Gasteiger partial charge on any atom is -0.412 e. The molecule has 0 amide bonds. The molecule has 0 radical (unpaired) electrons. The number of nitrogens with zero attached hydrogens (tertiary/aromatic N) is 1. The smallest absolute Gasteiger partial charge is 0 e. The van der Waals surface area contributed by atoms with E-state index in [-0.39, 0.29) is 22.0 Å². The molecular formula is CH2KNNiO. The number of rotatable bonds is 0. The van der Waals surface area contributed by atoms with Gasteiger partial charge in [-0.05, 0) is 0 Å². The fourth-order valence-electron chi connectivity index (χ4n) is 0. The molecule has 0 aromatic rings. The zero-order valence-electron chi connectivity index (χ0n) is 2.76. The van der Waals surface area contributed by atoms with Gasteiger partial charge in [0.2, 0.25) is 0 Å². The molecule has 0 aliphatic carbocycles. The maximum atomic E-state index is 7.40. The Labute approximate surface area is 74.7 Å². The van der Waals surface area contributed by atoms with Crippen molar-refractivity contribution in [2.24, 2.45) is 0 Å². The van der Waals surface area contributed by atoms with Crippen LogP contribution in [0.25, 0.3) is 0 Å². The molecule has 0 rings (SSSR count). The Morgan fingerprint density at radius 3 is 1.60 bits per heavy atom. The monoisotopic (exact) mass is 141 g/mol. The first-order chi connectivity index (χ1) is 1.41. The van der Waals surface area contributed by atoms with E-state index in [2.05, 4.69) is 0 Å². The van der Waals surface area contributed by atoms with Crippen LogP contribution in [0.3, 0.4) is 0 Å². The molecule has 0 spiro atoms. The summed E-state index contributed by atoms with van der Waals surface area (Å²) in [5.41, 5.74) is 0. The number of hydrogen-bond acceptors (Lipinski definition) is 1. The van der Waals surface area contributed by atoms with Crippen molar-refractivity contribution in [1.82, 2.24) is 0 Å². The predicted octanol–water partition coefficient (Wildman–Crippen LogP) is -1.19. The molecule has 0 heterocycles. The van der Waals surface area contributed by atoms with Crippen molar-refractivity contribution < 1.29 is 22.0 Å². The van der Waals surface area contributed by atoms with Crippen LogP contribution in [0, 0.1) is 5.43 Å². The fourth-order valence-corrected chi connectivity index (χ4v) is 0. The summed E-state index contributed by atoms with van der Waals surface area (Å²) in [5.74, 6) is 0. The molecule has 0 aromatic carbocycles. The Morgan fingerprint density at radius 2 is 1.60 bits per heavy atom. The third kappa shape index (κ3) is 28.6. The molecule has 0 aliphatic rings. The van der Waals surface area contributed by atoms with Crippen LogP contribution in [0.5, 0.6) is 0 Å². The molecule has 0 fully saturated rings. The van der Waals surface area contributed by atoms with Gasteiger partial charge in [0.05, 0.1) is 0 Å². The Morgan fingerprint density at radius 1 is 1.60 bits per heavy atom. The van der Waals surface area contributed by atoms with Gasteiger partial charge >= 0.3 is 54.4 Å². The van der Waals surface area contributed by atoms with Crippen LogP contribution in [0.1, 0.15) is 0 Å². The van der Waals surface area contributed by atoms with Gasteiger partial charge in [-0.1, -0.05) is 0 Å². The van der Waals surface area contributed by atoms with Gasteiger partial charge < -0.3 is 5.48 Å². The second kappa shape index (κ2) is 17.6. The topological polar surface area (TPSA) is 55.3 Å². The maximum absolute atomic E-state index is 7.40. The van der Waals surface area contributed by atoms with Crippen LogP contribution < -0.4 is 0 Å². The van der Waals surface area contributed by atoms with Gasteiger partial charge in [-0.2, -0.15) is 0 Å². The van der Waals surface area contributed by atoms with E-state index in [9.17, 15) is 0 Å². The predicted molar refractivity (Wildman–Crippen MR) is 15.0 cm³/mol. The van der Waals surface area contributed by atoms with Crippen LogP contribution in [-0.2, 0) is 16.5 Å². The van der Waals surface area contributed by atoms with Crippen molar-refractivity contribution in [1.29, 1.82) is 5.26 Å². The quantitative estimate of drug-likeness (QED) is 0.392. The van der Waals surface area contributed by atoms with E-state index in [1.807, 2.05) is 0.164 Å². The summed E-state index contributed by atoms with van der Waals surface area (Å²) in [5, 5.41) is 7.40. The summed E-state index contributed by atoms with van der Waals surface area (Å²) < 4.78 is 1.94. The van der Waals surface area contributed by atoms with Gasteiger partial charge in [-0.3, -0.25) is 0 Å².